The molecular formula is C10H18BrNO2. The van der Waals surface area contributed by atoms with Crippen LogP contribution >= 0.6 is 15.9 Å². The second-order valence-electron chi connectivity index (χ2n) is 4.26. The van der Waals surface area contributed by atoms with Crippen molar-refractivity contribution in [3.8, 4) is 0 Å². The molecule has 82 valence electrons. The van der Waals surface area contributed by atoms with Gasteiger partial charge in [-0.05, 0) is 27.2 Å². The molecule has 1 fully saturated rings. The standard InChI is InChI=1S/C10H18BrNO2/c1-8-7-12(5-4-6-14-8)9(13)10(2,3)11/h8H,4-7H2,1-3H3. The first-order chi connectivity index (χ1) is 6.41. The van der Waals surface area contributed by atoms with Crippen LogP contribution in [0.1, 0.15) is 27.2 Å². The highest BCUT2D eigenvalue weighted by Gasteiger charge is 2.30. The number of halogens is 1. The van der Waals surface area contributed by atoms with E-state index in [9.17, 15) is 4.79 Å². The fourth-order valence-corrected chi connectivity index (χ4v) is 1.81. The van der Waals surface area contributed by atoms with Crippen molar-refractivity contribution in [3.05, 3.63) is 0 Å². The molecule has 1 aliphatic rings. The minimum atomic E-state index is -0.461. The van der Waals surface area contributed by atoms with Gasteiger partial charge in [0, 0.05) is 19.7 Å². The van der Waals surface area contributed by atoms with Crippen LogP contribution < -0.4 is 0 Å². The van der Waals surface area contributed by atoms with Crippen LogP contribution in [0.15, 0.2) is 0 Å². The molecule has 1 aliphatic heterocycles. The van der Waals surface area contributed by atoms with Crippen LogP contribution in [0.25, 0.3) is 0 Å². The summed E-state index contributed by atoms with van der Waals surface area (Å²) < 4.78 is 5.03. The molecule has 1 amide bonds. The summed E-state index contributed by atoms with van der Waals surface area (Å²) >= 11 is 3.39. The van der Waals surface area contributed by atoms with E-state index in [-0.39, 0.29) is 12.0 Å². The molecule has 0 aromatic carbocycles. The van der Waals surface area contributed by atoms with Gasteiger partial charge >= 0.3 is 0 Å². The third kappa shape index (κ3) is 3.24. The quantitative estimate of drug-likeness (QED) is 0.676. The molecule has 1 atom stereocenters. The van der Waals surface area contributed by atoms with Crippen molar-refractivity contribution in [3.63, 3.8) is 0 Å². The Balaban J connectivity index is 2.62. The lowest BCUT2D eigenvalue weighted by Gasteiger charge is -2.28. The Labute approximate surface area is 93.9 Å². The molecule has 0 spiro atoms. The van der Waals surface area contributed by atoms with Crippen LogP contribution in [0, 0.1) is 0 Å². The van der Waals surface area contributed by atoms with E-state index in [0.29, 0.717) is 6.54 Å². The van der Waals surface area contributed by atoms with Gasteiger partial charge in [0.25, 0.3) is 0 Å². The summed E-state index contributed by atoms with van der Waals surface area (Å²) in [6, 6.07) is 0. The van der Waals surface area contributed by atoms with Gasteiger partial charge in [-0.15, -0.1) is 0 Å². The van der Waals surface area contributed by atoms with Gasteiger partial charge < -0.3 is 9.64 Å². The molecule has 3 nitrogen and oxygen atoms in total. The number of carbonyl (C=O) groups excluding carboxylic acids is 1. The predicted molar refractivity (Wildman–Crippen MR) is 59.6 cm³/mol. The lowest BCUT2D eigenvalue weighted by molar-refractivity contribution is -0.133. The largest absolute Gasteiger partial charge is 0.377 e. The molecule has 0 saturated carbocycles. The molecule has 0 radical (unpaired) electrons. The lowest BCUT2D eigenvalue weighted by Crippen LogP contribution is -2.44. The maximum atomic E-state index is 11.9. The molecule has 0 aromatic heterocycles. The first-order valence-electron chi connectivity index (χ1n) is 5.01. The molecule has 1 saturated heterocycles. The highest BCUT2D eigenvalue weighted by atomic mass is 79.9. The van der Waals surface area contributed by atoms with E-state index in [1.54, 1.807) is 0 Å². The summed E-state index contributed by atoms with van der Waals surface area (Å²) in [4.78, 5) is 13.8. The maximum Gasteiger partial charge on any atom is 0.238 e. The van der Waals surface area contributed by atoms with Gasteiger partial charge in [-0.2, -0.15) is 0 Å². The van der Waals surface area contributed by atoms with E-state index in [0.717, 1.165) is 19.6 Å². The van der Waals surface area contributed by atoms with Crippen molar-refractivity contribution in [1.29, 1.82) is 0 Å². The first kappa shape index (κ1) is 12.0. The maximum absolute atomic E-state index is 11.9. The first-order valence-corrected chi connectivity index (χ1v) is 5.80. The van der Waals surface area contributed by atoms with Crippen LogP contribution in [0.3, 0.4) is 0 Å². The molecule has 1 heterocycles. The summed E-state index contributed by atoms with van der Waals surface area (Å²) in [6.07, 6.45) is 1.08. The number of carbonyl (C=O) groups is 1. The van der Waals surface area contributed by atoms with E-state index >= 15 is 0 Å². The zero-order valence-electron chi connectivity index (χ0n) is 9.05. The number of hydrogen-bond donors (Lipinski definition) is 0. The third-order valence-electron chi connectivity index (χ3n) is 2.25. The molecule has 0 N–H and O–H groups in total. The average molecular weight is 264 g/mol. The fourth-order valence-electron chi connectivity index (χ4n) is 1.55. The topological polar surface area (TPSA) is 29.5 Å². The molecule has 0 aliphatic carbocycles. The highest BCUT2D eigenvalue weighted by molar-refractivity contribution is 9.10. The summed E-state index contributed by atoms with van der Waals surface area (Å²) in [6.45, 7) is 8.03. The fraction of sp³-hybridized carbons (Fsp3) is 0.900. The Kier molecular flexibility index (Phi) is 3.95. The van der Waals surface area contributed by atoms with Gasteiger partial charge in [-0.25, -0.2) is 0 Å². The monoisotopic (exact) mass is 263 g/mol. The zero-order valence-corrected chi connectivity index (χ0v) is 10.6. The number of ether oxygens (including phenoxy) is 1. The second-order valence-corrected chi connectivity index (χ2v) is 6.24. The van der Waals surface area contributed by atoms with Crippen LogP contribution in [0.2, 0.25) is 0 Å². The summed E-state index contributed by atoms with van der Waals surface area (Å²) in [5.74, 6) is 0.148. The molecule has 1 unspecified atom stereocenters. The average Bonchev–Trinajstić information content (AvgIpc) is 2.26. The van der Waals surface area contributed by atoms with Crippen molar-refractivity contribution < 1.29 is 9.53 Å². The summed E-state index contributed by atoms with van der Waals surface area (Å²) in [7, 11) is 0. The van der Waals surface area contributed by atoms with Crippen LogP contribution in [0.4, 0.5) is 0 Å². The second kappa shape index (κ2) is 4.62. The van der Waals surface area contributed by atoms with Gasteiger partial charge in [0.1, 0.15) is 0 Å². The van der Waals surface area contributed by atoms with Crippen LogP contribution in [0.5, 0.6) is 0 Å². The summed E-state index contributed by atoms with van der Waals surface area (Å²) in [5, 5.41) is 0. The van der Waals surface area contributed by atoms with Gasteiger partial charge in [-0.1, -0.05) is 15.9 Å². The van der Waals surface area contributed by atoms with E-state index in [1.807, 2.05) is 25.7 Å². The molecule has 0 aromatic rings. The smallest absolute Gasteiger partial charge is 0.238 e. The van der Waals surface area contributed by atoms with Crippen molar-refractivity contribution in [2.75, 3.05) is 19.7 Å². The van der Waals surface area contributed by atoms with Gasteiger partial charge in [0.2, 0.25) is 5.91 Å². The van der Waals surface area contributed by atoms with Gasteiger partial charge in [0.05, 0.1) is 10.4 Å². The normalized spacial score (nSPS) is 24.6. The Bertz CT molecular complexity index is 213. The molecule has 0 bridgehead atoms. The Morgan fingerprint density at radius 2 is 2.21 bits per heavy atom. The molecule has 1 rings (SSSR count). The minimum Gasteiger partial charge on any atom is -0.377 e. The summed E-state index contributed by atoms with van der Waals surface area (Å²) in [5.41, 5.74) is 0. The zero-order chi connectivity index (χ0) is 10.8. The minimum absolute atomic E-state index is 0.148. The van der Waals surface area contributed by atoms with E-state index in [4.69, 9.17) is 4.74 Å². The third-order valence-corrected chi connectivity index (χ3v) is 2.59. The van der Waals surface area contributed by atoms with Gasteiger partial charge in [0.15, 0.2) is 0 Å². The number of alkyl halides is 1. The predicted octanol–water partition coefficient (Wildman–Crippen LogP) is 1.80. The van der Waals surface area contributed by atoms with Crippen molar-refractivity contribution in [1.82, 2.24) is 4.90 Å². The van der Waals surface area contributed by atoms with Crippen molar-refractivity contribution in [2.24, 2.45) is 0 Å². The van der Waals surface area contributed by atoms with E-state index in [2.05, 4.69) is 15.9 Å². The molecule has 14 heavy (non-hydrogen) atoms. The number of rotatable bonds is 1. The van der Waals surface area contributed by atoms with Crippen LogP contribution in [-0.4, -0.2) is 40.9 Å². The highest BCUT2D eigenvalue weighted by Crippen LogP contribution is 2.20. The number of amides is 1. The van der Waals surface area contributed by atoms with E-state index in [1.165, 1.54) is 0 Å². The Morgan fingerprint density at radius 1 is 1.57 bits per heavy atom. The Hall–Kier alpha value is -0.0900. The van der Waals surface area contributed by atoms with Gasteiger partial charge in [-0.3, -0.25) is 4.79 Å². The van der Waals surface area contributed by atoms with Crippen molar-refractivity contribution in [2.45, 2.75) is 37.6 Å². The molecule has 4 heteroatoms. The van der Waals surface area contributed by atoms with Crippen LogP contribution in [-0.2, 0) is 9.53 Å². The lowest BCUT2D eigenvalue weighted by atomic mass is 10.1. The Morgan fingerprint density at radius 3 is 2.79 bits per heavy atom. The molecular weight excluding hydrogens is 246 g/mol. The number of hydrogen-bond acceptors (Lipinski definition) is 2. The van der Waals surface area contributed by atoms with Crippen molar-refractivity contribution >= 4 is 21.8 Å². The SMILES string of the molecule is CC1CN(C(=O)C(C)(C)Br)CCCO1. The van der Waals surface area contributed by atoms with E-state index < -0.39 is 4.32 Å². The number of nitrogens with zero attached hydrogens (tertiary/aromatic N) is 1.